The van der Waals surface area contributed by atoms with Gasteiger partial charge in [-0.15, -0.1) is 0 Å². The van der Waals surface area contributed by atoms with E-state index in [0.717, 1.165) is 50.0 Å². The predicted molar refractivity (Wildman–Crippen MR) is 229 cm³/mol. The molecule has 0 radical (unpaired) electrons. The van der Waals surface area contributed by atoms with Gasteiger partial charge in [0.25, 0.3) is 0 Å². The molecule has 2 aromatic heterocycles. The Hall–Kier alpha value is -7.44. The van der Waals surface area contributed by atoms with E-state index >= 15 is 0 Å². The highest BCUT2D eigenvalue weighted by Crippen LogP contribution is 2.44. The van der Waals surface area contributed by atoms with Crippen molar-refractivity contribution in [1.29, 1.82) is 0 Å². The van der Waals surface area contributed by atoms with Gasteiger partial charge >= 0.3 is 5.69 Å². The summed E-state index contributed by atoms with van der Waals surface area (Å²) in [4.78, 5) is 27.5. The van der Waals surface area contributed by atoms with Gasteiger partial charge in [0, 0.05) is 30.8 Å². The molecule has 0 saturated carbocycles. The summed E-state index contributed by atoms with van der Waals surface area (Å²) < 4.78 is 3.41. The Labute approximate surface area is 323 Å². The van der Waals surface area contributed by atoms with Gasteiger partial charge in [0.05, 0.1) is 11.0 Å². The zero-order valence-electron chi connectivity index (χ0n) is 30.9. The lowest BCUT2D eigenvalue weighted by molar-refractivity contribution is 0.795. The van der Waals surface area contributed by atoms with Crippen LogP contribution in [-0.2, 0) is 14.1 Å². The van der Waals surface area contributed by atoms with Gasteiger partial charge in [-0.2, -0.15) is 0 Å². The fourth-order valence-electron chi connectivity index (χ4n) is 8.01. The molecule has 0 aliphatic carbocycles. The third-order valence-electron chi connectivity index (χ3n) is 10.8. The molecule has 0 aliphatic heterocycles. The van der Waals surface area contributed by atoms with Gasteiger partial charge in [-0.05, 0) is 73.1 Å². The second kappa shape index (κ2) is 13.4. The molecule has 0 bridgehead atoms. The van der Waals surface area contributed by atoms with Crippen LogP contribution < -0.4 is 5.69 Å². The summed E-state index contributed by atoms with van der Waals surface area (Å²) in [5.41, 5.74) is 11.4. The highest BCUT2D eigenvalue weighted by molar-refractivity contribution is 6.21. The standard InChI is InChI=1S/C50H35N5O/c1-54-43-29-28-37(31-44(43)55(2)50(54)56)36-18-13-19-38(30-36)46-41-22-11-9-20-39(41)45(40-21-10-12-23-42(40)46)32-24-26-35(27-25-32)49-52-47(33-14-5-3-6-15-33)51-48(53-49)34-16-7-4-8-17-34/h3-31H,1-2H3. The number of benzene rings is 8. The van der Waals surface area contributed by atoms with Crippen LogP contribution in [0.25, 0.3) is 100 Å². The quantitative estimate of drug-likeness (QED) is 0.160. The molecule has 0 unspecified atom stereocenters. The van der Waals surface area contributed by atoms with E-state index in [4.69, 9.17) is 15.0 Å². The average molecular weight is 722 g/mol. The van der Waals surface area contributed by atoms with E-state index in [1.165, 1.54) is 32.7 Å². The first-order valence-corrected chi connectivity index (χ1v) is 18.7. The zero-order valence-corrected chi connectivity index (χ0v) is 30.9. The first-order chi connectivity index (χ1) is 27.5. The van der Waals surface area contributed by atoms with E-state index in [-0.39, 0.29) is 5.69 Å². The Morgan fingerprint density at radius 3 is 1.25 bits per heavy atom. The number of fused-ring (bicyclic) bond motifs is 3. The Morgan fingerprint density at radius 1 is 0.339 bits per heavy atom. The fraction of sp³-hybridized carbons (Fsp3) is 0.0400. The van der Waals surface area contributed by atoms with Crippen molar-refractivity contribution in [2.24, 2.45) is 14.1 Å². The Morgan fingerprint density at radius 2 is 0.714 bits per heavy atom. The van der Waals surface area contributed by atoms with Crippen LogP contribution in [0.1, 0.15) is 0 Å². The monoisotopic (exact) mass is 721 g/mol. The van der Waals surface area contributed by atoms with Gasteiger partial charge in [-0.1, -0.05) is 158 Å². The SMILES string of the molecule is Cn1c(=O)n(C)c2cc(-c3cccc(-c4c5ccccc5c(-c5ccc(-c6nc(-c7ccccc7)nc(-c7ccccc7)n6)cc5)c5ccccc45)c3)ccc21. The number of nitrogens with zero attached hydrogens (tertiary/aromatic N) is 5. The number of aryl methyl sites for hydroxylation is 2. The first kappa shape index (κ1) is 33.2. The van der Waals surface area contributed by atoms with Crippen molar-refractivity contribution in [3.63, 3.8) is 0 Å². The van der Waals surface area contributed by atoms with E-state index in [1.54, 1.807) is 9.13 Å². The van der Waals surface area contributed by atoms with Crippen molar-refractivity contribution in [3.05, 3.63) is 186 Å². The summed E-state index contributed by atoms with van der Waals surface area (Å²) >= 11 is 0. The molecule has 0 amide bonds. The smallest absolute Gasteiger partial charge is 0.295 e. The summed E-state index contributed by atoms with van der Waals surface area (Å²) in [6, 6.07) is 61.1. The molecular weight excluding hydrogens is 687 g/mol. The van der Waals surface area contributed by atoms with Crippen LogP contribution in [-0.4, -0.2) is 24.1 Å². The molecule has 266 valence electrons. The zero-order chi connectivity index (χ0) is 37.8. The van der Waals surface area contributed by atoms with Crippen molar-refractivity contribution in [2.45, 2.75) is 0 Å². The Balaban J connectivity index is 1.10. The minimum absolute atomic E-state index is 0.0290. The summed E-state index contributed by atoms with van der Waals surface area (Å²) in [7, 11) is 3.65. The molecule has 0 atom stereocenters. The van der Waals surface area contributed by atoms with Crippen molar-refractivity contribution < 1.29 is 0 Å². The van der Waals surface area contributed by atoms with Crippen LogP contribution in [0.3, 0.4) is 0 Å². The first-order valence-electron chi connectivity index (χ1n) is 18.7. The maximum atomic E-state index is 12.7. The lowest BCUT2D eigenvalue weighted by Crippen LogP contribution is -2.19. The second-order valence-corrected chi connectivity index (χ2v) is 14.1. The van der Waals surface area contributed by atoms with Gasteiger partial charge in [-0.3, -0.25) is 9.13 Å². The van der Waals surface area contributed by atoms with Gasteiger partial charge in [0.15, 0.2) is 17.5 Å². The van der Waals surface area contributed by atoms with Gasteiger partial charge in [0.1, 0.15) is 0 Å². The number of hydrogen-bond acceptors (Lipinski definition) is 4. The van der Waals surface area contributed by atoms with Crippen molar-refractivity contribution in [2.75, 3.05) is 0 Å². The molecule has 10 aromatic rings. The van der Waals surface area contributed by atoms with E-state index in [1.807, 2.05) is 80.8 Å². The highest BCUT2D eigenvalue weighted by Gasteiger charge is 2.18. The number of aromatic nitrogens is 5. The molecule has 0 N–H and O–H groups in total. The largest absolute Gasteiger partial charge is 0.328 e. The van der Waals surface area contributed by atoms with E-state index in [9.17, 15) is 4.79 Å². The van der Waals surface area contributed by atoms with Crippen LogP contribution in [0.5, 0.6) is 0 Å². The van der Waals surface area contributed by atoms with Crippen LogP contribution in [0.2, 0.25) is 0 Å². The molecule has 0 fully saturated rings. The van der Waals surface area contributed by atoms with Crippen LogP contribution in [0.4, 0.5) is 0 Å². The van der Waals surface area contributed by atoms with Gasteiger partial charge in [0.2, 0.25) is 0 Å². The fourth-order valence-corrected chi connectivity index (χ4v) is 8.01. The lowest BCUT2D eigenvalue weighted by Gasteiger charge is -2.18. The maximum Gasteiger partial charge on any atom is 0.328 e. The predicted octanol–water partition coefficient (Wildman–Crippen LogP) is 11.4. The Bertz CT molecular complexity index is 3050. The topological polar surface area (TPSA) is 65.6 Å². The molecule has 6 heteroatoms. The molecule has 0 aliphatic rings. The maximum absolute atomic E-state index is 12.7. The van der Waals surface area contributed by atoms with E-state index < -0.39 is 0 Å². The molecule has 56 heavy (non-hydrogen) atoms. The van der Waals surface area contributed by atoms with Crippen LogP contribution >= 0.6 is 0 Å². The third-order valence-corrected chi connectivity index (χ3v) is 10.8. The Kier molecular flexibility index (Phi) is 7.96. The van der Waals surface area contributed by atoms with Crippen molar-refractivity contribution in [3.8, 4) is 67.5 Å². The highest BCUT2D eigenvalue weighted by atomic mass is 16.1. The summed E-state index contributed by atoms with van der Waals surface area (Å²) in [6.07, 6.45) is 0. The third kappa shape index (κ3) is 5.58. The molecular formula is C50H35N5O. The van der Waals surface area contributed by atoms with Gasteiger partial charge < -0.3 is 0 Å². The summed E-state index contributed by atoms with van der Waals surface area (Å²) in [5, 5.41) is 4.72. The van der Waals surface area contributed by atoms with Crippen molar-refractivity contribution in [1.82, 2.24) is 24.1 Å². The molecule has 2 heterocycles. The normalized spacial score (nSPS) is 11.5. The minimum Gasteiger partial charge on any atom is -0.295 e. The molecule has 6 nitrogen and oxygen atoms in total. The number of imidazole rings is 1. The van der Waals surface area contributed by atoms with Crippen LogP contribution in [0.15, 0.2) is 181 Å². The molecule has 8 aromatic carbocycles. The van der Waals surface area contributed by atoms with Gasteiger partial charge in [-0.25, -0.2) is 19.7 Å². The average Bonchev–Trinajstić information content (AvgIpc) is 3.48. The van der Waals surface area contributed by atoms with E-state index in [0.29, 0.717) is 17.5 Å². The number of hydrogen-bond donors (Lipinski definition) is 0. The van der Waals surface area contributed by atoms with E-state index in [2.05, 4.69) is 109 Å². The molecule has 0 spiro atoms. The van der Waals surface area contributed by atoms with Crippen LogP contribution in [0, 0.1) is 0 Å². The summed E-state index contributed by atoms with van der Waals surface area (Å²) in [5.74, 6) is 1.91. The lowest BCUT2D eigenvalue weighted by atomic mass is 9.85. The van der Waals surface area contributed by atoms with Crippen molar-refractivity contribution >= 4 is 32.6 Å². The second-order valence-electron chi connectivity index (χ2n) is 14.1. The summed E-state index contributed by atoms with van der Waals surface area (Å²) in [6.45, 7) is 0. The molecule has 0 saturated heterocycles. The minimum atomic E-state index is -0.0290. The number of rotatable bonds is 6. The molecule has 10 rings (SSSR count).